The molecule has 0 aliphatic carbocycles. The van der Waals surface area contributed by atoms with Crippen molar-refractivity contribution in [2.24, 2.45) is 0 Å². The summed E-state index contributed by atoms with van der Waals surface area (Å²) in [6.45, 7) is 4.13. The van der Waals surface area contributed by atoms with Crippen molar-refractivity contribution >= 4 is 27.2 Å². The zero-order valence-corrected chi connectivity index (χ0v) is 9.90. The summed E-state index contributed by atoms with van der Waals surface area (Å²) in [5, 5.41) is 10.1. The maximum absolute atomic E-state index is 4.39. The number of nitrogens with zero attached hydrogens (tertiary/aromatic N) is 1. The fraction of sp³-hybridized carbons (Fsp3) is 0.364. The molecule has 1 aliphatic heterocycles. The summed E-state index contributed by atoms with van der Waals surface area (Å²) >= 11 is 1.68. The van der Waals surface area contributed by atoms with Crippen molar-refractivity contribution in [2.75, 3.05) is 18.4 Å². The van der Waals surface area contributed by atoms with Gasteiger partial charge in [0.15, 0.2) is 0 Å². The number of fused-ring (bicyclic) bond motifs is 1. The molecule has 2 aromatic rings. The van der Waals surface area contributed by atoms with Gasteiger partial charge in [0.05, 0.1) is 15.7 Å². The van der Waals surface area contributed by atoms with Gasteiger partial charge in [-0.1, -0.05) is 0 Å². The predicted octanol–water partition coefficient (Wildman–Crippen LogP) is 1.49. The molecule has 5 heteroatoms. The first-order chi connectivity index (χ1) is 7.84. The van der Waals surface area contributed by atoms with E-state index in [1.54, 1.807) is 11.3 Å². The standard InChI is InChI=1S/C11H14N4S/c1-7-8(15-11-12-4-5-13-11)2-3-9-10(7)14-6-16-9/h2-3,6,11-13,15H,4-5H2,1H3. The molecule has 3 rings (SSSR count). The third-order valence-corrected chi connectivity index (χ3v) is 3.67. The van der Waals surface area contributed by atoms with Crippen LogP contribution in [-0.4, -0.2) is 24.4 Å². The molecule has 0 spiro atoms. The zero-order chi connectivity index (χ0) is 11.0. The van der Waals surface area contributed by atoms with Gasteiger partial charge in [-0.25, -0.2) is 4.98 Å². The highest BCUT2D eigenvalue weighted by Crippen LogP contribution is 2.27. The number of nitrogens with one attached hydrogen (secondary N) is 3. The number of rotatable bonds is 2. The first-order valence-corrected chi connectivity index (χ1v) is 6.29. The first-order valence-electron chi connectivity index (χ1n) is 5.41. The number of thiazole rings is 1. The Labute approximate surface area is 98.1 Å². The minimum atomic E-state index is 0.176. The summed E-state index contributed by atoms with van der Waals surface area (Å²) in [6, 6.07) is 4.24. The zero-order valence-electron chi connectivity index (χ0n) is 9.08. The lowest BCUT2D eigenvalue weighted by Crippen LogP contribution is -2.38. The lowest BCUT2D eigenvalue weighted by molar-refractivity contribution is 0.620. The van der Waals surface area contributed by atoms with Gasteiger partial charge >= 0.3 is 0 Å². The Morgan fingerprint density at radius 1 is 1.38 bits per heavy atom. The van der Waals surface area contributed by atoms with Crippen molar-refractivity contribution in [2.45, 2.75) is 13.2 Å². The van der Waals surface area contributed by atoms with Gasteiger partial charge in [0.2, 0.25) is 0 Å². The third kappa shape index (κ3) is 1.67. The number of aryl methyl sites for hydroxylation is 1. The van der Waals surface area contributed by atoms with E-state index in [2.05, 4.69) is 40.0 Å². The van der Waals surface area contributed by atoms with Crippen LogP contribution in [0.5, 0.6) is 0 Å². The largest absolute Gasteiger partial charge is 0.357 e. The summed E-state index contributed by atoms with van der Waals surface area (Å²) in [5.41, 5.74) is 5.36. The van der Waals surface area contributed by atoms with Crippen LogP contribution in [0.2, 0.25) is 0 Å². The number of hydrogen-bond donors (Lipinski definition) is 3. The van der Waals surface area contributed by atoms with Crippen molar-refractivity contribution in [1.82, 2.24) is 15.6 Å². The van der Waals surface area contributed by atoms with Crippen LogP contribution in [0.1, 0.15) is 5.56 Å². The smallest absolute Gasteiger partial charge is 0.132 e. The van der Waals surface area contributed by atoms with Crippen LogP contribution < -0.4 is 16.0 Å². The van der Waals surface area contributed by atoms with Crippen LogP contribution >= 0.6 is 11.3 Å². The summed E-state index contributed by atoms with van der Waals surface area (Å²) in [4.78, 5) is 4.39. The monoisotopic (exact) mass is 234 g/mol. The van der Waals surface area contributed by atoms with Crippen LogP contribution in [0.25, 0.3) is 10.2 Å². The van der Waals surface area contributed by atoms with Gasteiger partial charge in [0.1, 0.15) is 6.29 Å². The second kappa shape index (κ2) is 4.01. The van der Waals surface area contributed by atoms with Crippen LogP contribution in [0, 0.1) is 6.92 Å². The molecule has 0 radical (unpaired) electrons. The molecular formula is C11H14N4S. The van der Waals surface area contributed by atoms with Gasteiger partial charge in [-0.2, -0.15) is 0 Å². The van der Waals surface area contributed by atoms with Gasteiger partial charge in [-0.15, -0.1) is 11.3 Å². The van der Waals surface area contributed by atoms with E-state index in [0.717, 1.165) is 24.3 Å². The minimum absolute atomic E-state index is 0.176. The highest BCUT2D eigenvalue weighted by Gasteiger charge is 2.14. The maximum atomic E-state index is 4.39. The summed E-state index contributed by atoms with van der Waals surface area (Å²) in [6.07, 6.45) is 0.176. The lowest BCUT2D eigenvalue weighted by Gasteiger charge is -2.16. The van der Waals surface area contributed by atoms with Crippen LogP contribution in [0.15, 0.2) is 17.6 Å². The van der Waals surface area contributed by atoms with Gasteiger partial charge in [-0.05, 0) is 24.6 Å². The fourth-order valence-electron chi connectivity index (χ4n) is 1.99. The van der Waals surface area contributed by atoms with Gasteiger partial charge < -0.3 is 5.32 Å². The molecule has 4 nitrogen and oxygen atoms in total. The average Bonchev–Trinajstić information content (AvgIpc) is 2.93. The lowest BCUT2D eigenvalue weighted by atomic mass is 10.2. The van der Waals surface area contributed by atoms with Crippen LogP contribution in [-0.2, 0) is 0 Å². The van der Waals surface area contributed by atoms with E-state index in [0.29, 0.717) is 0 Å². The third-order valence-electron chi connectivity index (χ3n) is 2.88. The second-order valence-electron chi connectivity index (χ2n) is 3.92. The van der Waals surface area contributed by atoms with E-state index < -0.39 is 0 Å². The molecular weight excluding hydrogens is 220 g/mol. The molecule has 0 amide bonds. The highest BCUT2D eigenvalue weighted by molar-refractivity contribution is 7.16. The predicted molar refractivity (Wildman–Crippen MR) is 67.8 cm³/mol. The van der Waals surface area contributed by atoms with Crippen molar-refractivity contribution < 1.29 is 0 Å². The van der Waals surface area contributed by atoms with E-state index in [9.17, 15) is 0 Å². The van der Waals surface area contributed by atoms with E-state index in [4.69, 9.17) is 0 Å². The molecule has 2 heterocycles. The van der Waals surface area contributed by atoms with E-state index in [1.165, 1.54) is 10.3 Å². The van der Waals surface area contributed by atoms with Crippen molar-refractivity contribution in [1.29, 1.82) is 0 Å². The Morgan fingerprint density at radius 2 is 2.19 bits per heavy atom. The molecule has 0 saturated carbocycles. The van der Waals surface area contributed by atoms with E-state index in [-0.39, 0.29) is 6.29 Å². The number of anilines is 1. The van der Waals surface area contributed by atoms with Crippen LogP contribution in [0.3, 0.4) is 0 Å². The molecule has 16 heavy (non-hydrogen) atoms. The Kier molecular flexibility index (Phi) is 2.51. The molecule has 1 aromatic heterocycles. The molecule has 0 bridgehead atoms. The van der Waals surface area contributed by atoms with Gasteiger partial charge in [0, 0.05) is 18.8 Å². The summed E-state index contributed by atoms with van der Waals surface area (Å²) in [5.74, 6) is 0. The molecule has 1 saturated heterocycles. The number of aromatic nitrogens is 1. The van der Waals surface area contributed by atoms with Crippen molar-refractivity contribution in [3.8, 4) is 0 Å². The molecule has 0 atom stereocenters. The average molecular weight is 234 g/mol. The number of hydrogen-bond acceptors (Lipinski definition) is 5. The van der Waals surface area contributed by atoms with Gasteiger partial charge in [0.25, 0.3) is 0 Å². The molecule has 1 fully saturated rings. The molecule has 1 aromatic carbocycles. The minimum Gasteiger partial charge on any atom is -0.357 e. The second-order valence-corrected chi connectivity index (χ2v) is 4.81. The Hall–Kier alpha value is -1.17. The van der Waals surface area contributed by atoms with E-state index in [1.807, 2.05) is 5.51 Å². The Bertz CT molecular complexity index is 502. The molecule has 1 aliphatic rings. The quantitative estimate of drug-likeness (QED) is 0.737. The topological polar surface area (TPSA) is 49.0 Å². The number of benzene rings is 1. The maximum Gasteiger partial charge on any atom is 0.132 e. The van der Waals surface area contributed by atoms with Crippen molar-refractivity contribution in [3.63, 3.8) is 0 Å². The molecule has 3 N–H and O–H groups in total. The van der Waals surface area contributed by atoms with Crippen molar-refractivity contribution in [3.05, 3.63) is 23.2 Å². The summed E-state index contributed by atoms with van der Waals surface area (Å²) in [7, 11) is 0. The SMILES string of the molecule is Cc1c(NC2NCCN2)ccc2scnc12. The van der Waals surface area contributed by atoms with E-state index >= 15 is 0 Å². The first kappa shape index (κ1) is 10.0. The normalized spacial score (nSPS) is 17.1. The molecule has 84 valence electrons. The summed E-state index contributed by atoms with van der Waals surface area (Å²) < 4.78 is 1.25. The van der Waals surface area contributed by atoms with Crippen LogP contribution in [0.4, 0.5) is 5.69 Å². The van der Waals surface area contributed by atoms with Gasteiger partial charge in [-0.3, -0.25) is 10.6 Å². The molecule has 0 unspecified atom stereocenters. The highest BCUT2D eigenvalue weighted by atomic mass is 32.1. The Morgan fingerprint density at radius 3 is 3.00 bits per heavy atom. The Balaban J connectivity index is 1.93. The fourth-order valence-corrected chi connectivity index (χ4v) is 2.72.